The number of hydrogen-bond donors (Lipinski definition) is 2. The van der Waals surface area contributed by atoms with Crippen LogP contribution in [0.3, 0.4) is 0 Å². The molecule has 2 N–H and O–H groups in total. The van der Waals surface area contributed by atoms with Gasteiger partial charge in [0, 0.05) is 19.9 Å². The van der Waals surface area contributed by atoms with Crippen LogP contribution in [0.2, 0.25) is 0 Å². The Bertz CT molecular complexity index is 1160. The van der Waals surface area contributed by atoms with Crippen LogP contribution >= 0.6 is 0 Å². The summed E-state index contributed by atoms with van der Waals surface area (Å²) >= 11 is 0. The molecular weight excluding hydrogens is 434 g/mol. The molecule has 0 saturated heterocycles. The van der Waals surface area contributed by atoms with Gasteiger partial charge in [0.1, 0.15) is 17.2 Å². The number of hydrogen-bond acceptors (Lipinski definition) is 7. The van der Waals surface area contributed by atoms with Crippen LogP contribution in [0.4, 0.5) is 0 Å². The maximum absolute atomic E-state index is 12.5. The van der Waals surface area contributed by atoms with Crippen molar-refractivity contribution in [2.24, 2.45) is 0 Å². The van der Waals surface area contributed by atoms with Crippen molar-refractivity contribution in [1.82, 2.24) is 15.0 Å². The molecule has 166 valence electrons. The van der Waals surface area contributed by atoms with Crippen molar-refractivity contribution in [3.63, 3.8) is 0 Å². The number of benzene rings is 2. The van der Waals surface area contributed by atoms with Crippen LogP contribution in [0.15, 0.2) is 77.8 Å². The highest BCUT2D eigenvalue weighted by Gasteiger charge is 2.19. The van der Waals surface area contributed by atoms with Gasteiger partial charge >= 0.3 is 0 Å². The van der Waals surface area contributed by atoms with Gasteiger partial charge in [0.25, 0.3) is 21.8 Å². The maximum Gasteiger partial charge on any atom is 0.269 e. The van der Waals surface area contributed by atoms with E-state index in [1.807, 2.05) is 22.9 Å². The molecule has 2 aromatic carbocycles. The molecule has 0 aliphatic heterocycles. The van der Waals surface area contributed by atoms with Gasteiger partial charge in [-0.05, 0) is 48.5 Å². The molecule has 0 aliphatic rings. The molecule has 32 heavy (non-hydrogen) atoms. The summed E-state index contributed by atoms with van der Waals surface area (Å²) in [7, 11) is -2.60. The molecule has 0 radical (unpaired) electrons. The average molecular weight is 455 g/mol. The molecule has 9 nitrogen and oxygen atoms in total. The molecule has 2 amide bonds. The van der Waals surface area contributed by atoms with Gasteiger partial charge < -0.3 is 14.8 Å². The Morgan fingerprint density at radius 2 is 1.59 bits per heavy atom. The molecular formula is C22H21N3O6S. The summed E-state index contributed by atoms with van der Waals surface area (Å²) in [6, 6.07) is 17.3. The van der Waals surface area contributed by atoms with Crippen molar-refractivity contribution in [3.05, 3.63) is 84.2 Å². The summed E-state index contributed by atoms with van der Waals surface area (Å²) < 4.78 is 37.5. The second kappa shape index (κ2) is 10.5. The van der Waals surface area contributed by atoms with E-state index in [4.69, 9.17) is 9.47 Å². The van der Waals surface area contributed by atoms with Crippen molar-refractivity contribution in [2.45, 2.75) is 4.90 Å². The number of rotatable bonds is 9. The molecule has 0 spiro atoms. The standard InChI is InChI=1S/C22H21N3O6S/c1-30-14-13-23-22(27)20-12-7-16(15-24-20)21(26)25-32(28,29)19-10-8-18(9-11-19)31-17-5-3-2-4-6-17/h2-12,15H,13-14H2,1H3,(H,23,27)(H,25,26). The number of para-hydroxylation sites is 1. The predicted octanol–water partition coefficient (Wildman–Crippen LogP) is 2.37. The van der Waals surface area contributed by atoms with E-state index < -0.39 is 21.8 Å². The first-order valence-electron chi connectivity index (χ1n) is 9.52. The average Bonchev–Trinajstić information content (AvgIpc) is 2.80. The van der Waals surface area contributed by atoms with Crippen molar-refractivity contribution in [3.8, 4) is 11.5 Å². The van der Waals surface area contributed by atoms with Crippen LogP contribution < -0.4 is 14.8 Å². The van der Waals surface area contributed by atoms with E-state index in [0.29, 0.717) is 24.7 Å². The maximum atomic E-state index is 12.5. The zero-order chi connectivity index (χ0) is 23.0. The summed E-state index contributed by atoms with van der Waals surface area (Å²) in [5.74, 6) is -0.238. The lowest BCUT2D eigenvalue weighted by Crippen LogP contribution is -2.31. The third kappa shape index (κ3) is 6.13. The number of carbonyl (C=O) groups excluding carboxylic acids is 2. The molecule has 3 rings (SSSR count). The summed E-state index contributed by atoms with van der Waals surface area (Å²) in [6.07, 6.45) is 1.13. The lowest BCUT2D eigenvalue weighted by molar-refractivity contribution is 0.0929. The Hall–Kier alpha value is -3.76. The minimum Gasteiger partial charge on any atom is -0.457 e. The van der Waals surface area contributed by atoms with E-state index >= 15 is 0 Å². The fraction of sp³-hybridized carbons (Fsp3) is 0.136. The van der Waals surface area contributed by atoms with E-state index in [1.54, 1.807) is 12.1 Å². The highest BCUT2D eigenvalue weighted by atomic mass is 32.2. The normalized spacial score (nSPS) is 10.9. The van der Waals surface area contributed by atoms with Crippen LogP contribution in [-0.4, -0.2) is 45.5 Å². The SMILES string of the molecule is COCCNC(=O)c1ccc(C(=O)NS(=O)(=O)c2ccc(Oc3ccccc3)cc2)cn1. The zero-order valence-electron chi connectivity index (χ0n) is 17.1. The van der Waals surface area contributed by atoms with E-state index in [0.717, 1.165) is 6.20 Å². The number of methoxy groups -OCH3 is 1. The van der Waals surface area contributed by atoms with Crippen LogP contribution in [0.1, 0.15) is 20.8 Å². The number of pyridine rings is 1. The van der Waals surface area contributed by atoms with Crippen molar-refractivity contribution < 1.29 is 27.5 Å². The molecule has 0 fully saturated rings. The van der Waals surface area contributed by atoms with Crippen molar-refractivity contribution in [1.29, 1.82) is 0 Å². The molecule has 0 aliphatic carbocycles. The molecule has 1 aromatic heterocycles. The molecule has 0 unspecified atom stereocenters. The van der Waals surface area contributed by atoms with Gasteiger partial charge in [0.2, 0.25) is 0 Å². The Labute approximate surface area is 185 Å². The number of carbonyl (C=O) groups is 2. The summed E-state index contributed by atoms with van der Waals surface area (Å²) in [4.78, 5) is 28.1. The van der Waals surface area contributed by atoms with E-state index in [2.05, 4.69) is 10.3 Å². The van der Waals surface area contributed by atoms with Gasteiger partial charge in [-0.2, -0.15) is 0 Å². The number of aromatic nitrogens is 1. The molecule has 0 atom stereocenters. The number of nitrogens with zero attached hydrogens (tertiary/aromatic N) is 1. The zero-order valence-corrected chi connectivity index (χ0v) is 18.0. The second-order valence-corrected chi connectivity index (χ2v) is 8.18. The third-order valence-electron chi connectivity index (χ3n) is 4.19. The van der Waals surface area contributed by atoms with Gasteiger partial charge in [-0.3, -0.25) is 14.6 Å². The fourth-order valence-corrected chi connectivity index (χ4v) is 3.55. The summed E-state index contributed by atoms with van der Waals surface area (Å²) in [5, 5.41) is 2.59. The minimum absolute atomic E-state index is 0.00829. The van der Waals surface area contributed by atoms with Crippen LogP contribution in [0.5, 0.6) is 11.5 Å². The topological polar surface area (TPSA) is 124 Å². The Balaban J connectivity index is 1.63. The molecule has 0 bridgehead atoms. The number of ether oxygens (including phenoxy) is 2. The fourth-order valence-electron chi connectivity index (χ4n) is 2.57. The van der Waals surface area contributed by atoms with Gasteiger partial charge in [-0.1, -0.05) is 18.2 Å². The van der Waals surface area contributed by atoms with E-state index in [1.165, 1.54) is 43.5 Å². The van der Waals surface area contributed by atoms with Gasteiger partial charge in [0.05, 0.1) is 17.1 Å². The largest absolute Gasteiger partial charge is 0.457 e. The molecule has 10 heteroatoms. The van der Waals surface area contributed by atoms with Crippen LogP contribution in [0, 0.1) is 0 Å². The van der Waals surface area contributed by atoms with Crippen LogP contribution in [0.25, 0.3) is 0 Å². The Morgan fingerprint density at radius 1 is 0.906 bits per heavy atom. The van der Waals surface area contributed by atoms with Crippen LogP contribution in [-0.2, 0) is 14.8 Å². The smallest absolute Gasteiger partial charge is 0.269 e. The van der Waals surface area contributed by atoms with E-state index in [9.17, 15) is 18.0 Å². The highest BCUT2D eigenvalue weighted by Crippen LogP contribution is 2.22. The van der Waals surface area contributed by atoms with Crippen molar-refractivity contribution in [2.75, 3.05) is 20.3 Å². The second-order valence-electron chi connectivity index (χ2n) is 6.50. The summed E-state index contributed by atoms with van der Waals surface area (Å²) in [6.45, 7) is 0.663. The molecule has 3 aromatic rings. The Morgan fingerprint density at radius 3 is 2.22 bits per heavy atom. The van der Waals surface area contributed by atoms with Gasteiger partial charge in [0.15, 0.2) is 0 Å². The van der Waals surface area contributed by atoms with E-state index in [-0.39, 0.29) is 16.2 Å². The lowest BCUT2D eigenvalue weighted by Gasteiger charge is -2.09. The molecule has 0 saturated carbocycles. The number of amides is 2. The van der Waals surface area contributed by atoms with Gasteiger partial charge in [-0.25, -0.2) is 13.1 Å². The minimum atomic E-state index is -4.11. The Kier molecular flexibility index (Phi) is 7.53. The first kappa shape index (κ1) is 22.9. The third-order valence-corrected chi connectivity index (χ3v) is 5.54. The molecule has 1 heterocycles. The lowest BCUT2D eigenvalue weighted by atomic mass is 10.2. The highest BCUT2D eigenvalue weighted by molar-refractivity contribution is 7.90. The first-order valence-corrected chi connectivity index (χ1v) is 11.0. The number of sulfonamides is 1. The van der Waals surface area contributed by atoms with Crippen molar-refractivity contribution >= 4 is 21.8 Å². The predicted molar refractivity (Wildman–Crippen MR) is 116 cm³/mol. The number of nitrogens with one attached hydrogen (secondary N) is 2. The quantitative estimate of drug-likeness (QED) is 0.475. The first-order chi connectivity index (χ1) is 15.4. The van der Waals surface area contributed by atoms with Gasteiger partial charge in [-0.15, -0.1) is 0 Å². The summed E-state index contributed by atoms with van der Waals surface area (Å²) in [5.41, 5.74) is 0.0839. The monoisotopic (exact) mass is 455 g/mol.